The molecule has 2 N–H and O–H groups in total. The molecular weight excluding hydrogens is 202 g/mol. The van der Waals surface area contributed by atoms with Gasteiger partial charge in [0.2, 0.25) is 5.91 Å². The standard InChI is InChI=1S/C12H15N3O/c1-15(11-4-2-3-7-14-11)12(16)9-5-6-10(13)8-9/h2-7,9-10H,8,13H2,1H3. The second-order valence-corrected chi connectivity index (χ2v) is 3.98. The number of nitrogens with two attached hydrogens (primary N) is 1. The van der Waals surface area contributed by atoms with E-state index in [9.17, 15) is 4.79 Å². The summed E-state index contributed by atoms with van der Waals surface area (Å²) >= 11 is 0. The Morgan fingerprint density at radius 1 is 1.50 bits per heavy atom. The second-order valence-electron chi connectivity index (χ2n) is 3.98. The first-order valence-electron chi connectivity index (χ1n) is 5.31. The first kappa shape index (κ1) is 10.8. The van der Waals surface area contributed by atoms with Crippen LogP contribution in [0, 0.1) is 5.92 Å². The molecule has 4 nitrogen and oxygen atoms in total. The molecule has 1 aliphatic carbocycles. The normalized spacial score (nSPS) is 23.4. The van der Waals surface area contributed by atoms with Crippen LogP contribution in [-0.4, -0.2) is 24.0 Å². The molecule has 0 bridgehead atoms. The van der Waals surface area contributed by atoms with Gasteiger partial charge in [0.1, 0.15) is 5.82 Å². The van der Waals surface area contributed by atoms with E-state index in [1.165, 1.54) is 0 Å². The molecule has 0 spiro atoms. The maximum atomic E-state index is 12.1. The highest BCUT2D eigenvalue weighted by Gasteiger charge is 2.26. The van der Waals surface area contributed by atoms with Crippen LogP contribution in [0.3, 0.4) is 0 Å². The summed E-state index contributed by atoms with van der Waals surface area (Å²) in [6, 6.07) is 5.51. The molecule has 1 aliphatic rings. The summed E-state index contributed by atoms with van der Waals surface area (Å²) in [6.07, 6.45) is 6.13. The van der Waals surface area contributed by atoms with Gasteiger partial charge in [-0.05, 0) is 18.6 Å². The molecule has 2 unspecified atom stereocenters. The van der Waals surface area contributed by atoms with E-state index < -0.39 is 0 Å². The molecule has 0 aromatic carbocycles. The van der Waals surface area contributed by atoms with Crippen molar-refractivity contribution in [2.45, 2.75) is 12.5 Å². The topological polar surface area (TPSA) is 59.2 Å². The molecule has 0 saturated carbocycles. The molecule has 2 atom stereocenters. The van der Waals surface area contributed by atoms with Crippen molar-refractivity contribution in [2.75, 3.05) is 11.9 Å². The molecule has 1 aromatic heterocycles. The number of nitrogens with zero attached hydrogens (tertiary/aromatic N) is 2. The molecule has 1 aromatic rings. The SMILES string of the molecule is CN(C(=O)C1C=CC(N)C1)c1ccccn1. The third-order valence-electron chi connectivity index (χ3n) is 2.76. The summed E-state index contributed by atoms with van der Waals surface area (Å²) in [4.78, 5) is 17.8. The van der Waals surface area contributed by atoms with E-state index in [2.05, 4.69) is 4.98 Å². The van der Waals surface area contributed by atoms with Crippen molar-refractivity contribution in [3.63, 3.8) is 0 Å². The minimum Gasteiger partial charge on any atom is -0.324 e. The van der Waals surface area contributed by atoms with Gasteiger partial charge in [-0.2, -0.15) is 0 Å². The summed E-state index contributed by atoms with van der Waals surface area (Å²) in [5, 5.41) is 0. The zero-order valence-electron chi connectivity index (χ0n) is 9.21. The van der Waals surface area contributed by atoms with Crippen LogP contribution in [0.25, 0.3) is 0 Å². The van der Waals surface area contributed by atoms with Crippen LogP contribution in [0.2, 0.25) is 0 Å². The van der Waals surface area contributed by atoms with Gasteiger partial charge in [0, 0.05) is 19.3 Å². The molecule has 1 amide bonds. The highest BCUT2D eigenvalue weighted by atomic mass is 16.2. The van der Waals surface area contributed by atoms with Crippen LogP contribution in [0.1, 0.15) is 6.42 Å². The minimum atomic E-state index is -0.109. The smallest absolute Gasteiger partial charge is 0.234 e. The fourth-order valence-corrected chi connectivity index (χ4v) is 1.82. The Hall–Kier alpha value is -1.68. The Bertz CT molecular complexity index is 402. The van der Waals surface area contributed by atoms with Crippen LogP contribution < -0.4 is 10.6 Å². The van der Waals surface area contributed by atoms with Crippen molar-refractivity contribution in [1.29, 1.82) is 0 Å². The second kappa shape index (κ2) is 4.45. The van der Waals surface area contributed by atoms with E-state index in [0.29, 0.717) is 12.2 Å². The fourth-order valence-electron chi connectivity index (χ4n) is 1.82. The number of hydrogen-bond donors (Lipinski definition) is 1. The van der Waals surface area contributed by atoms with E-state index in [1.807, 2.05) is 30.4 Å². The molecule has 2 rings (SSSR count). The number of pyridine rings is 1. The highest BCUT2D eigenvalue weighted by molar-refractivity contribution is 5.95. The average Bonchev–Trinajstić information content (AvgIpc) is 2.75. The Balaban J connectivity index is 2.08. The molecule has 0 aliphatic heterocycles. The van der Waals surface area contributed by atoms with E-state index in [0.717, 1.165) is 0 Å². The third-order valence-corrected chi connectivity index (χ3v) is 2.76. The van der Waals surface area contributed by atoms with Crippen LogP contribution in [0.4, 0.5) is 5.82 Å². The number of anilines is 1. The van der Waals surface area contributed by atoms with Crippen molar-refractivity contribution in [3.05, 3.63) is 36.5 Å². The van der Waals surface area contributed by atoms with E-state index in [-0.39, 0.29) is 17.9 Å². The van der Waals surface area contributed by atoms with Gasteiger partial charge in [0.25, 0.3) is 0 Å². The lowest BCUT2D eigenvalue weighted by Gasteiger charge is -2.19. The van der Waals surface area contributed by atoms with E-state index in [1.54, 1.807) is 18.1 Å². The van der Waals surface area contributed by atoms with E-state index >= 15 is 0 Å². The lowest BCUT2D eigenvalue weighted by molar-refractivity contribution is -0.120. The van der Waals surface area contributed by atoms with Gasteiger partial charge in [-0.1, -0.05) is 18.2 Å². The molecule has 1 heterocycles. The van der Waals surface area contributed by atoms with Gasteiger partial charge >= 0.3 is 0 Å². The first-order valence-corrected chi connectivity index (χ1v) is 5.31. The molecule has 0 saturated heterocycles. The monoisotopic (exact) mass is 217 g/mol. The Labute approximate surface area is 94.8 Å². The molecule has 0 radical (unpaired) electrons. The predicted molar refractivity (Wildman–Crippen MR) is 62.9 cm³/mol. The number of aromatic nitrogens is 1. The van der Waals surface area contributed by atoms with Gasteiger partial charge in [-0.25, -0.2) is 4.98 Å². The maximum Gasteiger partial charge on any atom is 0.234 e. The highest BCUT2D eigenvalue weighted by Crippen LogP contribution is 2.20. The third kappa shape index (κ3) is 2.12. The average molecular weight is 217 g/mol. The number of hydrogen-bond acceptors (Lipinski definition) is 3. The van der Waals surface area contributed by atoms with Gasteiger partial charge < -0.3 is 5.73 Å². The van der Waals surface area contributed by atoms with E-state index in [4.69, 9.17) is 5.73 Å². The van der Waals surface area contributed by atoms with Gasteiger partial charge in [0.15, 0.2) is 0 Å². The van der Waals surface area contributed by atoms with Crippen molar-refractivity contribution >= 4 is 11.7 Å². The van der Waals surface area contributed by atoms with Crippen LogP contribution >= 0.6 is 0 Å². The minimum absolute atomic E-state index is 0.00563. The number of rotatable bonds is 2. The van der Waals surface area contributed by atoms with Crippen molar-refractivity contribution in [3.8, 4) is 0 Å². The number of carbonyl (C=O) groups excluding carboxylic acids is 1. The lowest BCUT2D eigenvalue weighted by atomic mass is 10.1. The fraction of sp³-hybridized carbons (Fsp3) is 0.333. The predicted octanol–water partition coefficient (Wildman–Crippen LogP) is 0.948. The molecule has 84 valence electrons. The lowest BCUT2D eigenvalue weighted by Crippen LogP contribution is -2.33. The van der Waals surface area contributed by atoms with Crippen molar-refractivity contribution in [1.82, 2.24) is 4.98 Å². The molecule has 4 heteroatoms. The quantitative estimate of drug-likeness (QED) is 0.750. The zero-order chi connectivity index (χ0) is 11.5. The summed E-state index contributed by atoms with van der Waals surface area (Å²) in [6.45, 7) is 0. The largest absolute Gasteiger partial charge is 0.324 e. The van der Waals surface area contributed by atoms with Crippen molar-refractivity contribution in [2.24, 2.45) is 11.7 Å². The Morgan fingerprint density at radius 3 is 2.88 bits per heavy atom. The van der Waals surface area contributed by atoms with Crippen LogP contribution in [0.5, 0.6) is 0 Å². The summed E-state index contributed by atoms with van der Waals surface area (Å²) in [5.41, 5.74) is 5.73. The van der Waals surface area contributed by atoms with Gasteiger partial charge in [0.05, 0.1) is 5.92 Å². The summed E-state index contributed by atoms with van der Waals surface area (Å²) < 4.78 is 0. The Morgan fingerprint density at radius 2 is 2.31 bits per heavy atom. The Kier molecular flexibility index (Phi) is 3.01. The molecular formula is C12H15N3O. The maximum absolute atomic E-state index is 12.1. The molecule has 0 fully saturated rings. The van der Waals surface area contributed by atoms with Gasteiger partial charge in [-0.3, -0.25) is 9.69 Å². The zero-order valence-corrected chi connectivity index (χ0v) is 9.21. The van der Waals surface area contributed by atoms with Crippen LogP contribution in [0.15, 0.2) is 36.5 Å². The van der Waals surface area contributed by atoms with Crippen LogP contribution in [-0.2, 0) is 4.79 Å². The first-order chi connectivity index (χ1) is 7.68. The molecule has 16 heavy (non-hydrogen) atoms. The van der Waals surface area contributed by atoms with Crippen molar-refractivity contribution < 1.29 is 4.79 Å². The summed E-state index contributed by atoms with van der Waals surface area (Å²) in [7, 11) is 1.74. The summed E-state index contributed by atoms with van der Waals surface area (Å²) in [5.74, 6) is 0.603. The number of amides is 1. The van der Waals surface area contributed by atoms with Gasteiger partial charge in [-0.15, -0.1) is 0 Å². The number of carbonyl (C=O) groups is 1.